The third-order valence-corrected chi connectivity index (χ3v) is 5.29. The Hall–Kier alpha value is -2.24. The van der Waals surface area contributed by atoms with Gasteiger partial charge in [0.05, 0.1) is 7.11 Å². The van der Waals surface area contributed by atoms with Crippen molar-refractivity contribution in [3.63, 3.8) is 0 Å². The molecule has 1 heterocycles. The van der Waals surface area contributed by atoms with E-state index in [-0.39, 0.29) is 0 Å². The summed E-state index contributed by atoms with van der Waals surface area (Å²) in [5, 5.41) is 3.97. The second kappa shape index (κ2) is 9.62. The Bertz CT molecular complexity index is 772. The highest BCUT2D eigenvalue weighted by Gasteiger charge is 2.19. The van der Waals surface area contributed by atoms with Crippen molar-refractivity contribution in [1.82, 2.24) is 4.90 Å². The van der Waals surface area contributed by atoms with E-state index in [4.69, 9.17) is 22.1 Å². The summed E-state index contributed by atoms with van der Waals surface area (Å²) in [5.74, 6) is 1.80. The van der Waals surface area contributed by atoms with Crippen LogP contribution in [0.5, 0.6) is 5.75 Å². The topological polar surface area (TPSA) is 62.9 Å². The van der Waals surface area contributed by atoms with Crippen molar-refractivity contribution < 1.29 is 4.74 Å². The summed E-state index contributed by atoms with van der Waals surface area (Å²) in [6.07, 6.45) is 2.25. The highest BCUT2D eigenvalue weighted by Crippen LogP contribution is 2.22. The molecule has 5 nitrogen and oxygen atoms in total. The molecule has 0 aliphatic carbocycles. The number of nitrogens with one attached hydrogen (secondary N) is 1. The van der Waals surface area contributed by atoms with E-state index in [1.165, 1.54) is 5.56 Å². The van der Waals surface area contributed by atoms with Gasteiger partial charge in [0.1, 0.15) is 5.75 Å². The predicted octanol–water partition coefficient (Wildman–Crippen LogP) is 3.99. The summed E-state index contributed by atoms with van der Waals surface area (Å²) >= 11 is 6.27. The minimum absolute atomic E-state index is 0.446. The SMILES string of the molecule is COc1cccc(NC(N)=NCC2CCN(Cc3ccccc3Cl)CC2)c1. The molecular formula is C21H27ClN4O. The number of benzene rings is 2. The molecule has 1 aliphatic heterocycles. The van der Waals surface area contributed by atoms with Crippen LogP contribution in [0.3, 0.4) is 0 Å². The van der Waals surface area contributed by atoms with Crippen molar-refractivity contribution in [3.05, 3.63) is 59.1 Å². The van der Waals surface area contributed by atoms with Crippen molar-refractivity contribution >= 4 is 23.2 Å². The van der Waals surface area contributed by atoms with Gasteiger partial charge < -0.3 is 15.8 Å². The number of likely N-dealkylation sites (tertiary alicyclic amines) is 1. The Kier molecular flexibility index (Phi) is 6.96. The first-order valence-electron chi connectivity index (χ1n) is 9.31. The molecule has 144 valence electrons. The minimum atomic E-state index is 0.446. The fourth-order valence-corrected chi connectivity index (χ4v) is 3.51. The third-order valence-electron chi connectivity index (χ3n) is 4.92. The summed E-state index contributed by atoms with van der Waals surface area (Å²) in [7, 11) is 1.65. The maximum atomic E-state index is 6.27. The number of ether oxygens (including phenoxy) is 1. The van der Waals surface area contributed by atoms with Gasteiger partial charge in [-0.1, -0.05) is 35.9 Å². The zero-order valence-electron chi connectivity index (χ0n) is 15.7. The summed E-state index contributed by atoms with van der Waals surface area (Å²) in [4.78, 5) is 6.98. The molecule has 0 unspecified atom stereocenters. The lowest BCUT2D eigenvalue weighted by Crippen LogP contribution is -2.34. The standard InChI is InChI=1S/C21H27ClN4O/c1-27-19-7-4-6-18(13-19)25-21(23)24-14-16-9-11-26(12-10-16)15-17-5-2-3-8-20(17)22/h2-8,13,16H,9-12,14-15H2,1H3,(H3,23,24,25). The fourth-order valence-electron chi connectivity index (χ4n) is 3.31. The van der Waals surface area contributed by atoms with Gasteiger partial charge in [0.25, 0.3) is 0 Å². The summed E-state index contributed by atoms with van der Waals surface area (Å²) in [6, 6.07) is 15.7. The average molecular weight is 387 g/mol. The van der Waals surface area contributed by atoms with Crippen LogP contribution in [0, 0.1) is 5.92 Å². The van der Waals surface area contributed by atoms with Crippen LogP contribution in [-0.2, 0) is 6.54 Å². The molecule has 6 heteroatoms. The molecule has 1 aliphatic rings. The molecule has 0 radical (unpaired) electrons. The average Bonchev–Trinajstić information content (AvgIpc) is 2.69. The number of hydrogen-bond donors (Lipinski definition) is 2. The zero-order chi connectivity index (χ0) is 19.1. The van der Waals surface area contributed by atoms with Crippen molar-refractivity contribution in [1.29, 1.82) is 0 Å². The number of nitrogens with zero attached hydrogens (tertiary/aromatic N) is 2. The van der Waals surface area contributed by atoms with Gasteiger partial charge in [-0.3, -0.25) is 9.89 Å². The Labute approximate surface area is 166 Å². The van der Waals surface area contributed by atoms with E-state index in [0.29, 0.717) is 11.9 Å². The molecule has 0 aromatic heterocycles. The number of halogens is 1. The summed E-state index contributed by atoms with van der Waals surface area (Å²) in [5.41, 5.74) is 8.11. The number of guanidine groups is 1. The lowest BCUT2D eigenvalue weighted by atomic mass is 9.96. The molecule has 3 rings (SSSR count). The quantitative estimate of drug-likeness (QED) is 0.582. The van der Waals surface area contributed by atoms with E-state index in [9.17, 15) is 0 Å². The Morgan fingerprint density at radius 1 is 1.22 bits per heavy atom. The molecular weight excluding hydrogens is 360 g/mol. The fraction of sp³-hybridized carbons (Fsp3) is 0.381. The van der Waals surface area contributed by atoms with Gasteiger partial charge in [0.15, 0.2) is 5.96 Å². The van der Waals surface area contributed by atoms with Crippen molar-refractivity contribution in [2.45, 2.75) is 19.4 Å². The molecule has 0 amide bonds. The van der Waals surface area contributed by atoms with Crippen LogP contribution in [0.4, 0.5) is 5.69 Å². The third kappa shape index (κ3) is 5.88. The highest BCUT2D eigenvalue weighted by atomic mass is 35.5. The number of hydrogen-bond acceptors (Lipinski definition) is 3. The van der Waals surface area contributed by atoms with Gasteiger partial charge in [0, 0.05) is 29.9 Å². The second-order valence-corrected chi connectivity index (χ2v) is 7.30. The number of anilines is 1. The first-order valence-corrected chi connectivity index (χ1v) is 9.68. The van der Waals surface area contributed by atoms with Crippen LogP contribution < -0.4 is 15.8 Å². The van der Waals surface area contributed by atoms with Crippen molar-refractivity contribution in [3.8, 4) is 5.75 Å². The highest BCUT2D eigenvalue weighted by molar-refractivity contribution is 6.31. The lowest BCUT2D eigenvalue weighted by molar-refractivity contribution is 0.180. The van der Waals surface area contributed by atoms with E-state index in [1.807, 2.05) is 42.5 Å². The van der Waals surface area contributed by atoms with E-state index < -0.39 is 0 Å². The maximum absolute atomic E-state index is 6.27. The monoisotopic (exact) mass is 386 g/mol. The van der Waals surface area contributed by atoms with E-state index in [0.717, 1.165) is 55.5 Å². The molecule has 1 saturated heterocycles. The van der Waals surface area contributed by atoms with Crippen LogP contribution in [0.25, 0.3) is 0 Å². The Morgan fingerprint density at radius 3 is 2.74 bits per heavy atom. The van der Waals surface area contributed by atoms with E-state index >= 15 is 0 Å². The molecule has 3 N–H and O–H groups in total. The number of methoxy groups -OCH3 is 1. The predicted molar refractivity (Wildman–Crippen MR) is 113 cm³/mol. The Morgan fingerprint density at radius 2 is 2.00 bits per heavy atom. The normalized spacial score (nSPS) is 16.3. The molecule has 2 aromatic carbocycles. The van der Waals surface area contributed by atoms with Gasteiger partial charge in [-0.15, -0.1) is 0 Å². The largest absolute Gasteiger partial charge is 0.497 e. The number of nitrogens with two attached hydrogens (primary N) is 1. The summed E-state index contributed by atoms with van der Waals surface area (Å²) in [6.45, 7) is 3.79. The molecule has 1 fully saturated rings. The summed E-state index contributed by atoms with van der Waals surface area (Å²) < 4.78 is 5.22. The molecule has 2 aromatic rings. The van der Waals surface area contributed by atoms with E-state index in [2.05, 4.69) is 21.3 Å². The molecule has 0 bridgehead atoms. The lowest BCUT2D eigenvalue weighted by Gasteiger charge is -2.31. The first-order chi connectivity index (χ1) is 13.1. The smallest absolute Gasteiger partial charge is 0.193 e. The van der Waals surface area contributed by atoms with Gasteiger partial charge >= 0.3 is 0 Å². The van der Waals surface area contributed by atoms with Crippen LogP contribution in [-0.4, -0.2) is 37.6 Å². The van der Waals surface area contributed by atoms with Gasteiger partial charge in [-0.2, -0.15) is 0 Å². The van der Waals surface area contributed by atoms with E-state index in [1.54, 1.807) is 7.11 Å². The van der Waals surface area contributed by atoms with Crippen LogP contribution in [0.1, 0.15) is 18.4 Å². The molecule has 0 atom stereocenters. The molecule has 0 saturated carbocycles. The van der Waals surface area contributed by atoms with Gasteiger partial charge in [-0.05, 0) is 55.6 Å². The minimum Gasteiger partial charge on any atom is -0.497 e. The van der Waals surface area contributed by atoms with Gasteiger partial charge in [0.2, 0.25) is 0 Å². The van der Waals surface area contributed by atoms with Crippen molar-refractivity contribution in [2.24, 2.45) is 16.6 Å². The van der Waals surface area contributed by atoms with Crippen LogP contribution >= 0.6 is 11.6 Å². The van der Waals surface area contributed by atoms with Crippen LogP contribution in [0.15, 0.2) is 53.5 Å². The van der Waals surface area contributed by atoms with Crippen LogP contribution in [0.2, 0.25) is 5.02 Å². The zero-order valence-corrected chi connectivity index (χ0v) is 16.5. The Balaban J connectivity index is 1.44. The second-order valence-electron chi connectivity index (χ2n) is 6.89. The van der Waals surface area contributed by atoms with Crippen molar-refractivity contribution in [2.75, 3.05) is 32.1 Å². The number of aliphatic imine (C=N–C) groups is 1. The maximum Gasteiger partial charge on any atom is 0.193 e. The molecule has 0 spiro atoms. The number of piperidine rings is 1. The van der Waals surface area contributed by atoms with Gasteiger partial charge in [-0.25, -0.2) is 0 Å². The first kappa shape index (κ1) is 19.5. The molecule has 27 heavy (non-hydrogen) atoms. The number of rotatable bonds is 6.